The summed E-state index contributed by atoms with van der Waals surface area (Å²) in [6.07, 6.45) is 0. The zero-order valence-electron chi connectivity index (χ0n) is 12.3. The van der Waals surface area contributed by atoms with Crippen molar-refractivity contribution in [3.63, 3.8) is 0 Å². The van der Waals surface area contributed by atoms with Gasteiger partial charge in [0, 0.05) is 57.8 Å². The first-order chi connectivity index (χ1) is 10.3. The van der Waals surface area contributed by atoms with Gasteiger partial charge in [-0.25, -0.2) is 0 Å². The van der Waals surface area contributed by atoms with Gasteiger partial charge in [0.2, 0.25) is 0 Å². The molecule has 1 aliphatic heterocycles. The van der Waals surface area contributed by atoms with E-state index in [1.165, 1.54) is 17.1 Å². The molecular formula is C15H21N5S. The third-order valence-corrected chi connectivity index (χ3v) is 4.66. The molecule has 1 aromatic carbocycles. The van der Waals surface area contributed by atoms with Gasteiger partial charge in [-0.2, -0.15) is 0 Å². The molecule has 0 saturated carbocycles. The maximum atomic E-state index is 4.22. The maximum Gasteiger partial charge on any atom is 0.134 e. The third kappa shape index (κ3) is 3.78. The van der Waals surface area contributed by atoms with Gasteiger partial charge in [0.25, 0.3) is 0 Å². The van der Waals surface area contributed by atoms with Gasteiger partial charge in [-0.1, -0.05) is 34.8 Å². The van der Waals surface area contributed by atoms with Crippen LogP contribution in [0.25, 0.3) is 0 Å². The minimum absolute atomic E-state index is 0.895. The normalized spacial score (nSPS) is 17.0. The van der Waals surface area contributed by atoms with Gasteiger partial charge in [0.15, 0.2) is 0 Å². The standard InChI is InChI=1S/C15H21N5S/c1-16-15-14(17-18-21-15)12-20-9-7-19(8-10-20)11-13-5-3-2-4-6-13/h2-6,16H,7-12H2,1H3. The molecule has 5 nitrogen and oxygen atoms in total. The quantitative estimate of drug-likeness (QED) is 0.914. The predicted octanol–water partition coefficient (Wildman–Crippen LogP) is 1.90. The summed E-state index contributed by atoms with van der Waals surface area (Å²) in [6.45, 7) is 6.35. The Morgan fingerprint density at radius 3 is 2.38 bits per heavy atom. The van der Waals surface area contributed by atoms with Gasteiger partial charge in [-0.15, -0.1) is 5.10 Å². The molecule has 112 valence electrons. The molecule has 6 heteroatoms. The number of piperazine rings is 1. The minimum atomic E-state index is 0.895. The van der Waals surface area contributed by atoms with Crippen molar-refractivity contribution in [2.45, 2.75) is 13.1 Å². The zero-order valence-corrected chi connectivity index (χ0v) is 13.1. The van der Waals surface area contributed by atoms with Crippen molar-refractivity contribution in [3.8, 4) is 0 Å². The fourth-order valence-electron chi connectivity index (χ4n) is 2.66. The van der Waals surface area contributed by atoms with Crippen molar-refractivity contribution in [3.05, 3.63) is 41.6 Å². The third-order valence-electron chi connectivity index (χ3n) is 3.87. The van der Waals surface area contributed by atoms with Crippen LogP contribution in [0, 0.1) is 0 Å². The second-order valence-corrected chi connectivity index (χ2v) is 6.09. The van der Waals surface area contributed by atoms with E-state index in [0.717, 1.165) is 50.0 Å². The van der Waals surface area contributed by atoms with E-state index in [-0.39, 0.29) is 0 Å². The van der Waals surface area contributed by atoms with Crippen LogP contribution < -0.4 is 5.32 Å². The number of benzene rings is 1. The van der Waals surface area contributed by atoms with Crippen molar-refractivity contribution in [2.24, 2.45) is 0 Å². The van der Waals surface area contributed by atoms with E-state index >= 15 is 0 Å². The summed E-state index contributed by atoms with van der Waals surface area (Å²) in [5.74, 6) is 0. The summed E-state index contributed by atoms with van der Waals surface area (Å²) in [5.41, 5.74) is 2.46. The molecule has 1 N–H and O–H groups in total. The molecule has 1 fully saturated rings. The van der Waals surface area contributed by atoms with E-state index in [2.05, 4.69) is 55.0 Å². The molecule has 2 heterocycles. The maximum absolute atomic E-state index is 4.22. The summed E-state index contributed by atoms with van der Waals surface area (Å²) in [5, 5.41) is 8.47. The van der Waals surface area contributed by atoms with Crippen LogP contribution in [0.5, 0.6) is 0 Å². The van der Waals surface area contributed by atoms with Gasteiger partial charge in [0.1, 0.15) is 10.7 Å². The Labute approximate surface area is 129 Å². The van der Waals surface area contributed by atoms with Crippen LogP contribution in [-0.4, -0.2) is 52.6 Å². The average molecular weight is 303 g/mol. The van der Waals surface area contributed by atoms with Crippen molar-refractivity contribution in [1.82, 2.24) is 19.4 Å². The summed E-state index contributed by atoms with van der Waals surface area (Å²) in [4.78, 5) is 4.98. The Bertz CT molecular complexity index is 548. The van der Waals surface area contributed by atoms with E-state index in [4.69, 9.17) is 0 Å². The molecule has 0 aliphatic carbocycles. The Hall–Kier alpha value is -1.50. The van der Waals surface area contributed by atoms with Gasteiger partial charge >= 0.3 is 0 Å². The topological polar surface area (TPSA) is 44.3 Å². The number of nitrogens with one attached hydrogen (secondary N) is 1. The zero-order chi connectivity index (χ0) is 14.5. The van der Waals surface area contributed by atoms with E-state index in [9.17, 15) is 0 Å². The number of rotatable bonds is 5. The monoisotopic (exact) mass is 303 g/mol. The van der Waals surface area contributed by atoms with Crippen LogP contribution in [0.15, 0.2) is 30.3 Å². The van der Waals surface area contributed by atoms with Crippen LogP contribution in [-0.2, 0) is 13.1 Å². The van der Waals surface area contributed by atoms with Crippen LogP contribution in [0.2, 0.25) is 0 Å². The molecule has 0 amide bonds. The van der Waals surface area contributed by atoms with E-state index < -0.39 is 0 Å². The molecule has 1 saturated heterocycles. The average Bonchev–Trinajstić information content (AvgIpc) is 2.97. The number of anilines is 1. The molecule has 3 rings (SSSR count). The second kappa shape index (κ2) is 6.98. The SMILES string of the molecule is CNc1snnc1CN1CCN(Cc2ccccc2)CC1. The molecule has 21 heavy (non-hydrogen) atoms. The predicted molar refractivity (Wildman–Crippen MR) is 86.5 cm³/mol. The Balaban J connectivity index is 1.49. The first-order valence-electron chi connectivity index (χ1n) is 7.33. The molecular weight excluding hydrogens is 282 g/mol. The molecule has 0 radical (unpaired) electrons. The minimum Gasteiger partial charge on any atom is -0.377 e. The highest BCUT2D eigenvalue weighted by molar-refractivity contribution is 7.10. The molecule has 0 spiro atoms. The van der Waals surface area contributed by atoms with E-state index in [0.29, 0.717) is 0 Å². The summed E-state index contributed by atoms with van der Waals surface area (Å²) < 4.78 is 4.02. The van der Waals surface area contributed by atoms with E-state index in [1.807, 2.05) is 7.05 Å². The van der Waals surface area contributed by atoms with Crippen LogP contribution in [0.4, 0.5) is 5.00 Å². The molecule has 1 aromatic heterocycles. The lowest BCUT2D eigenvalue weighted by molar-refractivity contribution is 0.121. The van der Waals surface area contributed by atoms with Gasteiger partial charge in [-0.05, 0) is 5.56 Å². The van der Waals surface area contributed by atoms with E-state index in [1.54, 1.807) is 0 Å². The highest BCUT2D eigenvalue weighted by Crippen LogP contribution is 2.19. The lowest BCUT2D eigenvalue weighted by Crippen LogP contribution is -2.45. The largest absolute Gasteiger partial charge is 0.377 e. The van der Waals surface area contributed by atoms with Crippen LogP contribution in [0.1, 0.15) is 11.3 Å². The van der Waals surface area contributed by atoms with Crippen LogP contribution in [0.3, 0.4) is 0 Å². The first kappa shape index (κ1) is 14.4. The molecule has 0 unspecified atom stereocenters. The first-order valence-corrected chi connectivity index (χ1v) is 8.10. The highest BCUT2D eigenvalue weighted by atomic mass is 32.1. The van der Waals surface area contributed by atoms with Crippen molar-refractivity contribution < 1.29 is 0 Å². The van der Waals surface area contributed by atoms with Crippen molar-refractivity contribution >= 4 is 16.5 Å². The molecule has 0 atom stereocenters. The second-order valence-electron chi connectivity index (χ2n) is 5.34. The smallest absolute Gasteiger partial charge is 0.134 e. The van der Waals surface area contributed by atoms with Crippen LogP contribution >= 0.6 is 11.5 Å². The molecule has 0 bridgehead atoms. The Kier molecular flexibility index (Phi) is 4.80. The lowest BCUT2D eigenvalue weighted by Gasteiger charge is -2.34. The van der Waals surface area contributed by atoms with Crippen molar-refractivity contribution in [2.75, 3.05) is 38.5 Å². The van der Waals surface area contributed by atoms with Gasteiger partial charge in [0.05, 0.1) is 0 Å². The van der Waals surface area contributed by atoms with Crippen molar-refractivity contribution in [1.29, 1.82) is 0 Å². The number of hydrogen-bond donors (Lipinski definition) is 1. The Morgan fingerprint density at radius 1 is 1.05 bits per heavy atom. The number of aromatic nitrogens is 2. The fraction of sp³-hybridized carbons (Fsp3) is 0.467. The molecule has 2 aromatic rings. The number of hydrogen-bond acceptors (Lipinski definition) is 6. The molecule has 1 aliphatic rings. The fourth-order valence-corrected chi connectivity index (χ4v) is 3.18. The van der Waals surface area contributed by atoms with Gasteiger partial charge < -0.3 is 5.32 Å². The summed E-state index contributed by atoms with van der Waals surface area (Å²) >= 11 is 1.43. The lowest BCUT2D eigenvalue weighted by atomic mass is 10.2. The number of nitrogens with zero attached hydrogens (tertiary/aromatic N) is 4. The highest BCUT2D eigenvalue weighted by Gasteiger charge is 2.19. The Morgan fingerprint density at radius 2 is 1.71 bits per heavy atom. The van der Waals surface area contributed by atoms with Gasteiger partial charge in [-0.3, -0.25) is 9.80 Å². The summed E-state index contributed by atoms with van der Waals surface area (Å²) in [7, 11) is 1.93. The summed E-state index contributed by atoms with van der Waals surface area (Å²) in [6, 6.07) is 10.7.